The molecule has 0 aliphatic carbocycles. The van der Waals surface area contributed by atoms with E-state index >= 15 is 0 Å². The fourth-order valence-electron chi connectivity index (χ4n) is 1.09. The Morgan fingerprint density at radius 2 is 2.29 bits per heavy atom. The molecule has 0 aliphatic heterocycles. The molecule has 6 heteroatoms. The van der Waals surface area contributed by atoms with E-state index in [9.17, 15) is 9.90 Å². The first-order valence-electron chi connectivity index (χ1n) is 3.60. The number of carboxylic acid groups (broad SMARTS) is 1. The molecule has 0 spiro atoms. The molecule has 2 heterocycles. The quantitative estimate of drug-likeness (QED) is 0.791. The number of pyridine rings is 1. The van der Waals surface area contributed by atoms with E-state index in [0.717, 1.165) is 14.9 Å². The van der Waals surface area contributed by atoms with E-state index in [0.29, 0.717) is 10.2 Å². The normalized spacial score (nSPS) is 10.6. The first-order chi connectivity index (χ1) is 6.59. The molecule has 2 rings (SSSR count). The maximum absolute atomic E-state index is 10.7. The molecule has 72 valence electrons. The minimum absolute atomic E-state index is 0.0606. The standard InChI is InChI=1S/C8H4INO3S/c9-3-1-4-5(11)6(8(12)13)14-7(4)10-2-3/h1-2,11H,(H,12,13). The number of aromatic nitrogens is 1. The molecule has 0 bridgehead atoms. The summed E-state index contributed by atoms with van der Waals surface area (Å²) >= 11 is 3.03. The number of aromatic carboxylic acids is 1. The number of carboxylic acids is 1. The molecular weight excluding hydrogens is 317 g/mol. The van der Waals surface area contributed by atoms with Crippen LogP contribution in [0.25, 0.3) is 10.2 Å². The van der Waals surface area contributed by atoms with Gasteiger partial charge in [0.1, 0.15) is 4.83 Å². The minimum Gasteiger partial charge on any atom is -0.505 e. The van der Waals surface area contributed by atoms with Gasteiger partial charge in [-0.25, -0.2) is 9.78 Å². The molecule has 0 saturated heterocycles. The van der Waals surface area contributed by atoms with Crippen molar-refractivity contribution in [2.24, 2.45) is 0 Å². The van der Waals surface area contributed by atoms with Gasteiger partial charge in [-0.15, -0.1) is 11.3 Å². The van der Waals surface area contributed by atoms with Gasteiger partial charge in [0.2, 0.25) is 0 Å². The van der Waals surface area contributed by atoms with Crippen molar-refractivity contribution in [3.8, 4) is 5.75 Å². The van der Waals surface area contributed by atoms with E-state index < -0.39 is 5.97 Å². The Labute approximate surface area is 96.3 Å². The summed E-state index contributed by atoms with van der Waals surface area (Å²) in [5.74, 6) is -1.32. The number of halogens is 1. The zero-order chi connectivity index (χ0) is 10.3. The van der Waals surface area contributed by atoms with Gasteiger partial charge in [0.15, 0.2) is 10.6 Å². The average molecular weight is 321 g/mol. The van der Waals surface area contributed by atoms with Gasteiger partial charge in [0, 0.05) is 9.77 Å². The zero-order valence-corrected chi connectivity index (χ0v) is 9.66. The van der Waals surface area contributed by atoms with Gasteiger partial charge in [0.25, 0.3) is 0 Å². The van der Waals surface area contributed by atoms with Crippen LogP contribution in [0.15, 0.2) is 12.3 Å². The highest BCUT2D eigenvalue weighted by Gasteiger charge is 2.17. The molecule has 0 aliphatic rings. The summed E-state index contributed by atoms with van der Waals surface area (Å²) in [6.45, 7) is 0. The molecule has 0 saturated carbocycles. The largest absolute Gasteiger partial charge is 0.505 e. The third-order valence-electron chi connectivity index (χ3n) is 1.68. The molecule has 0 atom stereocenters. The lowest BCUT2D eigenvalue weighted by Crippen LogP contribution is -1.90. The van der Waals surface area contributed by atoms with Gasteiger partial charge in [-0.05, 0) is 28.7 Å². The molecule has 0 aromatic carbocycles. The van der Waals surface area contributed by atoms with Crippen LogP contribution in [0.1, 0.15) is 9.67 Å². The fraction of sp³-hybridized carbons (Fsp3) is 0. The average Bonchev–Trinajstić information content (AvgIpc) is 2.44. The minimum atomic E-state index is -1.12. The predicted octanol–water partition coefficient (Wildman–Crippen LogP) is 2.30. The van der Waals surface area contributed by atoms with Crippen LogP contribution in [0.3, 0.4) is 0 Å². The first-order valence-corrected chi connectivity index (χ1v) is 5.49. The van der Waals surface area contributed by atoms with Crippen LogP contribution in [-0.4, -0.2) is 21.2 Å². The Bertz CT molecular complexity index is 523. The van der Waals surface area contributed by atoms with Crippen LogP contribution in [0.2, 0.25) is 0 Å². The van der Waals surface area contributed by atoms with E-state index in [4.69, 9.17) is 5.11 Å². The van der Waals surface area contributed by atoms with Crippen molar-refractivity contribution in [2.75, 3.05) is 0 Å². The van der Waals surface area contributed by atoms with Gasteiger partial charge in [-0.3, -0.25) is 0 Å². The number of aromatic hydroxyl groups is 1. The Morgan fingerprint density at radius 1 is 1.57 bits per heavy atom. The summed E-state index contributed by atoms with van der Waals surface area (Å²) in [5, 5.41) is 18.8. The fourth-order valence-corrected chi connectivity index (χ4v) is 2.40. The molecule has 14 heavy (non-hydrogen) atoms. The Morgan fingerprint density at radius 3 is 2.93 bits per heavy atom. The summed E-state index contributed by atoms with van der Waals surface area (Å²) in [4.78, 5) is 15.2. The summed E-state index contributed by atoms with van der Waals surface area (Å²) < 4.78 is 0.861. The lowest BCUT2D eigenvalue weighted by molar-refractivity contribution is 0.0699. The molecule has 0 unspecified atom stereocenters. The van der Waals surface area contributed by atoms with Crippen molar-refractivity contribution in [3.05, 3.63) is 20.7 Å². The molecule has 2 N–H and O–H groups in total. The monoisotopic (exact) mass is 321 g/mol. The number of rotatable bonds is 1. The lowest BCUT2D eigenvalue weighted by atomic mass is 10.3. The van der Waals surface area contributed by atoms with Gasteiger partial charge >= 0.3 is 5.97 Å². The Kier molecular flexibility index (Phi) is 2.31. The third-order valence-corrected chi connectivity index (χ3v) is 3.36. The number of fused-ring (bicyclic) bond motifs is 1. The highest BCUT2D eigenvalue weighted by atomic mass is 127. The van der Waals surface area contributed by atoms with Crippen molar-refractivity contribution in [1.82, 2.24) is 4.98 Å². The molecule has 0 amide bonds. The van der Waals surface area contributed by atoms with Crippen LogP contribution in [-0.2, 0) is 0 Å². The number of thiophene rings is 1. The van der Waals surface area contributed by atoms with Crippen LogP contribution in [0.4, 0.5) is 0 Å². The van der Waals surface area contributed by atoms with E-state index in [1.54, 1.807) is 12.3 Å². The molecule has 0 radical (unpaired) electrons. The molecule has 2 aromatic heterocycles. The second-order valence-corrected chi connectivity index (χ2v) is 4.84. The van der Waals surface area contributed by atoms with Crippen molar-refractivity contribution in [3.63, 3.8) is 0 Å². The van der Waals surface area contributed by atoms with Crippen molar-refractivity contribution < 1.29 is 15.0 Å². The molecule has 2 aromatic rings. The van der Waals surface area contributed by atoms with E-state index in [-0.39, 0.29) is 10.6 Å². The summed E-state index contributed by atoms with van der Waals surface area (Å²) in [7, 11) is 0. The first kappa shape index (κ1) is 9.66. The molecular formula is C8H4INO3S. The van der Waals surface area contributed by atoms with Crippen LogP contribution in [0, 0.1) is 3.57 Å². The highest BCUT2D eigenvalue weighted by Crippen LogP contribution is 2.35. The van der Waals surface area contributed by atoms with Crippen LogP contribution < -0.4 is 0 Å². The van der Waals surface area contributed by atoms with E-state index in [1.165, 1.54) is 0 Å². The van der Waals surface area contributed by atoms with Crippen molar-refractivity contribution in [2.45, 2.75) is 0 Å². The smallest absolute Gasteiger partial charge is 0.349 e. The number of hydrogen-bond donors (Lipinski definition) is 2. The van der Waals surface area contributed by atoms with Crippen molar-refractivity contribution >= 4 is 50.1 Å². The molecule has 0 fully saturated rings. The van der Waals surface area contributed by atoms with Gasteiger partial charge < -0.3 is 10.2 Å². The van der Waals surface area contributed by atoms with Gasteiger partial charge in [-0.1, -0.05) is 0 Å². The second-order valence-electron chi connectivity index (χ2n) is 2.59. The second kappa shape index (κ2) is 3.35. The summed E-state index contributed by atoms with van der Waals surface area (Å²) in [5.41, 5.74) is 0. The SMILES string of the molecule is O=C(O)c1sc2ncc(I)cc2c1O. The summed E-state index contributed by atoms with van der Waals surface area (Å²) in [6, 6.07) is 1.71. The van der Waals surface area contributed by atoms with Gasteiger partial charge in [0.05, 0.1) is 5.39 Å². The van der Waals surface area contributed by atoms with E-state index in [2.05, 4.69) is 27.6 Å². The van der Waals surface area contributed by atoms with Crippen molar-refractivity contribution in [1.29, 1.82) is 0 Å². The maximum Gasteiger partial charge on any atom is 0.349 e. The highest BCUT2D eigenvalue weighted by molar-refractivity contribution is 14.1. The zero-order valence-electron chi connectivity index (χ0n) is 6.69. The number of hydrogen-bond acceptors (Lipinski definition) is 4. The number of carbonyl (C=O) groups is 1. The predicted molar refractivity (Wildman–Crippen MR) is 61.0 cm³/mol. The topological polar surface area (TPSA) is 70.4 Å². The Balaban J connectivity index is 2.80. The lowest BCUT2D eigenvalue weighted by Gasteiger charge is -1.91. The third kappa shape index (κ3) is 1.44. The van der Waals surface area contributed by atoms with Crippen LogP contribution >= 0.6 is 33.9 Å². The maximum atomic E-state index is 10.7. The number of nitrogens with zero attached hydrogens (tertiary/aromatic N) is 1. The van der Waals surface area contributed by atoms with Crippen LogP contribution in [0.5, 0.6) is 5.75 Å². The van der Waals surface area contributed by atoms with Gasteiger partial charge in [-0.2, -0.15) is 0 Å². The van der Waals surface area contributed by atoms with E-state index in [1.807, 2.05) is 0 Å². The Hall–Kier alpha value is -0.890. The molecule has 4 nitrogen and oxygen atoms in total. The summed E-state index contributed by atoms with van der Waals surface area (Å²) in [6.07, 6.45) is 1.63.